The summed E-state index contributed by atoms with van der Waals surface area (Å²) in [5.41, 5.74) is 16.7. The standard InChI is InChI=1S/C53H36N2/c1-4-18-40(19-5-1)53-47-26-12-13-27-50(47)55(42-22-8-3-9-23-42)51-29-15-25-46(52(51)53)45-35-32-39(36-48(45)53)37-30-33-43(34-31-37)54(41-20-6-2-7-21-41)49-28-14-17-38-16-10-11-24-44(38)49/h1-36H. The molecule has 2 heteroatoms. The lowest BCUT2D eigenvalue weighted by Gasteiger charge is -2.44. The molecule has 1 heterocycles. The van der Waals surface area contributed by atoms with E-state index in [0.717, 1.165) is 22.7 Å². The van der Waals surface area contributed by atoms with Gasteiger partial charge in [-0.15, -0.1) is 0 Å². The van der Waals surface area contributed by atoms with Gasteiger partial charge in [0.05, 0.1) is 22.5 Å². The van der Waals surface area contributed by atoms with Crippen molar-refractivity contribution in [3.63, 3.8) is 0 Å². The van der Waals surface area contributed by atoms with Crippen LogP contribution in [-0.4, -0.2) is 0 Å². The predicted molar refractivity (Wildman–Crippen MR) is 230 cm³/mol. The van der Waals surface area contributed by atoms with Crippen LogP contribution in [0.3, 0.4) is 0 Å². The van der Waals surface area contributed by atoms with E-state index in [9.17, 15) is 0 Å². The van der Waals surface area contributed by atoms with Crippen LogP contribution in [-0.2, 0) is 5.41 Å². The maximum absolute atomic E-state index is 2.47. The molecule has 9 aromatic rings. The normalized spacial score (nSPS) is 14.9. The van der Waals surface area contributed by atoms with Gasteiger partial charge in [-0.25, -0.2) is 0 Å². The molecule has 2 nitrogen and oxygen atoms in total. The Bertz CT molecular complexity index is 2860. The highest BCUT2D eigenvalue weighted by Gasteiger charge is 2.52. The maximum atomic E-state index is 2.47. The Morgan fingerprint density at radius 2 is 1.02 bits per heavy atom. The molecule has 1 aliphatic heterocycles. The van der Waals surface area contributed by atoms with E-state index < -0.39 is 5.41 Å². The number of hydrogen-bond acceptors (Lipinski definition) is 2. The van der Waals surface area contributed by atoms with Gasteiger partial charge < -0.3 is 9.80 Å². The highest BCUT2D eigenvalue weighted by Crippen LogP contribution is 2.65. The summed E-state index contributed by atoms with van der Waals surface area (Å²) >= 11 is 0. The molecule has 2 aliphatic rings. The largest absolute Gasteiger partial charge is 0.310 e. The van der Waals surface area contributed by atoms with Gasteiger partial charge in [0.1, 0.15) is 0 Å². The molecule has 1 atom stereocenters. The number of rotatable bonds is 6. The van der Waals surface area contributed by atoms with Crippen LogP contribution in [0.4, 0.5) is 34.1 Å². The Kier molecular flexibility index (Phi) is 7.11. The topological polar surface area (TPSA) is 6.48 Å². The Balaban J connectivity index is 1.09. The fourth-order valence-corrected chi connectivity index (χ4v) is 9.35. The zero-order valence-electron chi connectivity index (χ0n) is 30.2. The molecule has 0 saturated carbocycles. The van der Waals surface area contributed by atoms with Gasteiger partial charge in [0.2, 0.25) is 0 Å². The summed E-state index contributed by atoms with van der Waals surface area (Å²) in [6, 6.07) is 79.9. The highest BCUT2D eigenvalue weighted by atomic mass is 15.2. The minimum Gasteiger partial charge on any atom is -0.310 e. The van der Waals surface area contributed by atoms with Crippen LogP contribution in [0.15, 0.2) is 218 Å². The summed E-state index contributed by atoms with van der Waals surface area (Å²) in [6.07, 6.45) is 0. The molecule has 0 radical (unpaired) electrons. The quantitative estimate of drug-likeness (QED) is 0.170. The minimum atomic E-state index is -0.487. The molecule has 1 unspecified atom stereocenters. The van der Waals surface area contributed by atoms with Gasteiger partial charge in [-0.1, -0.05) is 158 Å². The molecule has 0 N–H and O–H groups in total. The van der Waals surface area contributed by atoms with Crippen LogP contribution in [0.2, 0.25) is 0 Å². The summed E-state index contributed by atoms with van der Waals surface area (Å²) < 4.78 is 0. The van der Waals surface area contributed by atoms with Crippen molar-refractivity contribution in [1.29, 1.82) is 0 Å². The molecule has 1 aliphatic carbocycles. The fraction of sp³-hybridized carbons (Fsp3) is 0.0189. The fourth-order valence-electron chi connectivity index (χ4n) is 9.35. The van der Waals surface area contributed by atoms with Crippen molar-refractivity contribution in [2.24, 2.45) is 0 Å². The highest BCUT2D eigenvalue weighted by molar-refractivity contribution is 6.01. The molecular weight excluding hydrogens is 665 g/mol. The van der Waals surface area contributed by atoms with Crippen LogP contribution in [0, 0.1) is 0 Å². The Morgan fingerprint density at radius 1 is 0.400 bits per heavy atom. The molecular formula is C53H36N2. The lowest BCUT2D eigenvalue weighted by Crippen LogP contribution is -2.35. The minimum absolute atomic E-state index is 0.487. The van der Waals surface area contributed by atoms with Crippen molar-refractivity contribution in [3.8, 4) is 22.3 Å². The first kappa shape index (κ1) is 31.4. The number of anilines is 6. The van der Waals surface area contributed by atoms with Gasteiger partial charge in [-0.3, -0.25) is 0 Å². The first-order valence-electron chi connectivity index (χ1n) is 19.0. The molecule has 258 valence electrons. The first-order chi connectivity index (χ1) is 27.3. The molecule has 0 saturated heterocycles. The van der Waals surface area contributed by atoms with Crippen molar-refractivity contribution in [2.75, 3.05) is 9.80 Å². The number of benzene rings is 9. The van der Waals surface area contributed by atoms with E-state index in [1.165, 1.54) is 66.7 Å². The summed E-state index contributed by atoms with van der Waals surface area (Å²) in [5.74, 6) is 0. The van der Waals surface area contributed by atoms with E-state index in [1.54, 1.807) is 0 Å². The van der Waals surface area contributed by atoms with Gasteiger partial charge in [-0.05, 0) is 105 Å². The number of nitrogens with zero attached hydrogens (tertiary/aromatic N) is 2. The average Bonchev–Trinajstić information content (AvgIpc) is 3.57. The monoisotopic (exact) mass is 700 g/mol. The second kappa shape index (κ2) is 12.5. The average molecular weight is 701 g/mol. The van der Waals surface area contributed by atoms with E-state index in [1.807, 2.05) is 0 Å². The van der Waals surface area contributed by atoms with Gasteiger partial charge in [0.15, 0.2) is 0 Å². The van der Waals surface area contributed by atoms with Crippen molar-refractivity contribution in [2.45, 2.75) is 5.41 Å². The number of para-hydroxylation sites is 3. The molecule has 0 amide bonds. The second-order valence-corrected chi connectivity index (χ2v) is 14.5. The second-order valence-electron chi connectivity index (χ2n) is 14.5. The lowest BCUT2D eigenvalue weighted by atomic mass is 9.64. The molecule has 55 heavy (non-hydrogen) atoms. The predicted octanol–water partition coefficient (Wildman–Crippen LogP) is 14.1. The first-order valence-corrected chi connectivity index (χ1v) is 19.0. The summed E-state index contributed by atoms with van der Waals surface area (Å²) in [6.45, 7) is 0. The van der Waals surface area contributed by atoms with Gasteiger partial charge in [0, 0.05) is 28.0 Å². The molecule has 0 spiro atoms. The summed E-state index contributed by atoms with van der Waals surface area (Å²) in [4.78, 5) is 4.82. The van der Waals surface area contributed by atoms with Gasteiger partial charge in [0.25, 0.3) is 0 Å². The number of fused-ring (bicyclic) bond motifs is 6. The van der Waals surface area contributed by atoms with Crippen LogP contribution < -0.4 is 9.80 Å². The Labute approximate surface area is 321 Å². The van der Waals surface area contributed by atoms with Gasteiger partial charge >= 0.3 is 0 Å². The summed E-state index contributed by atoms with van der Waals surface area (Å²) in [7, 11) is 0. The van der Waals surface area contributed by atoms with Crippen molar-refractivity contribution in [3.05, 3.63) is 241 Å². The maximum Gasteiger partial charge on any atom is 0.0754 e. The third-order valence-electron chi connectivity index (χ3n) is 11.6. The molecule has 0 aromatic heterocycles. The van der Waals surface area contributed by atoms with Crippen LogP contribution in [0.5, 0.6) is 0 Å². The smallest absolute Gasteiger partial charge is 0.0754 e. The molecule has 0 fully saturated rings. The van der Waals surface area contributed by atoms with Crippen LogP contribution >= 0.6 is 0 Å². The van der Waals surface area contributed by atoms with Crippen molar-refractivity contribution >= 4 is 44.9 Å². The van der Waals surface area contributed by atoms with E-state index in [2.05, 4.69) is 228 Å². The third kappa shape index (κ3) is 4.68. The SMILES string of the molecule is c1ccc(N2c3ccccc3C3(c4ccccc4)c4cc(-c5ccc(N(c6ccccc6)c6cccc7ccccc67)cc5)ccc4-c4cccc2c43)cc1. The Hall–Kier alpha value is -7.16. The van der Waals surface area contributed by atoms with Crippen LogP contribution in [0.25, 0.3) is 33.0 Å². The van der Waals surface area contributed by atoms with E-state index in [0.29, 0.717) is 0 Å². The van der Waals surface area contributed by atoms with Crippen molar-refractivity contribution < 1.29 is 0 Å². The van der Waals surface area contributed by atoms with E-state index in [-0.39, 0.29) is 0 Å². The van der Waals surface area contributed by atoms with Crippen LogP contribution in [0.1, 0.15) is 22.3 Å². The third-order valence-corrected chi connectivity index (χ3v) is 11.6. The molecule has 0 bridgehead atoms. The Morgan fingerprint density at radius 3 is 1.84 bits per heavy atom. The molecule has 11 rings (SSSR count). The lowest BCUT2D eigenvalue weighted by molar-refractivity contribution is 0.754. The number of hydrogen-bond donors (Lipinski definition) is 0. The zero-order valence-corrected chi connectivity index (χ0v) is 30.2. The van der Waals surface area contributed by atoms with E-state index >= 15 is 0 Å². The molecule has 9 aromatic carbocycles. The van der Waals surface area contributed by atoms with Gasteiger partial charge in [-0.2, -0.15) is 0 Å². The summed E-state index contributed by atoms with van der Waals surface area (Å²) in [5, 5.41) is 2.45. The van der Waals surface area contributed by atoms with E-state index in [4.69, 9.17) is 0 Å². The zero-order chi connectivity index (χ0) is 36.3. The van der Waals surface area contributed by atoms with Crippen molar-refractivity contribution in [1.82, 2.24) is 0 Å².